The molecule has 3 aliphatic rings. The first-order valence-electron chi connectivity index (χ1n) is 10.4. The third-order valence-electron chi connectivity index (χ3n) is 6.50. The minimum absolute atomic E-state index is 0.167. The average molecular weight is 370 g/mol. The van der Waals surface area contributed by atoms with E-state index in [-0.39, 0.29) is 11.8 Å². The summed E-state index contributed by atoms with van der Waals surface area (Å²) in [5.74, 6) is 0.991. The second-order valence-corrected chi connectivity index (χ2v) is 8.60. The van der Waals surface area contributed by atoms with E-state index < -0.39 is 0 Å². The van der Waals surface area contributed by atoms with Crippen molar-refractivity contribution >= 4 is 11.8 Å². The zero-order valence-corrected chi connectivity index (χ0v) is 16.3. The van der Waals surface area contributed by atoms with Crippen LogP contribution in [0.5, 0.6) is 0 Å². The summed E-state index contributed by atoms with van der Waals surface area (Å²) in [5.41, 5.74) is 2.27. The predicted octanol–water partition coefficient (Wildman–Crippen LogP) is 2.13. The number of piperazine rings is 1. The number of aryl methyl sites for hydroxylation is 1. The first-order chi connectivity index (χ1) is 13.1. The van der Waals surface area contributed by atoms with Gasteiger partial charge >= 0.3 is 0 Å². The molecule has 0 radical (unpaired) electrons. The highest BCUT2D eigenvalue weighted by molar-refractivity contribution is 5.80. The van der Waals surface area contributed by atoms with Crippen LogP contribution in [0.25, 0.3) is 0 Å². The van der Waals surface area contributed by atoms with Crippen molar-refractivity contribution in [3.8, 4) is 0 Å². The van der Waals surface area contributed by atoms with Crippen LogP contribution in [0.3, 0.4) is 0 Å². The second kappa shape index (κ2) is 8.01. The summed E-state index contributed by atoms with van der Waals surface area (Å²) in [6.45, 7) is 4.73. The topological polar surface area (TPSA) is 52.7 Å². The zero-order valence-electron chi connectivity index (χ0n) is 16.3. The summed E-state index contributed by atoms with van der Waals surface area (Å²) in [7, 11) is 0. The largest absolute Gasteiger partial charge is 0.339 e. The van der Waals surface area contributed by atoms with Crippen LogP contribution in [0.4, 0.5) is 0 Å². The highest BCUT2D eigenvalue weighted by Gasteiger charge is 2.35. The van der Waals surface area contributed by atoms with Gasteiger partial charge in [-0.05, 0) is 44.1 Å². The number of nitrogens with zero attached hydrogens (tertiary/aromatic N) is 2. The third kappa shape index (κ3) is 4.52. The number of hydrogen-bond donors (Lipinski definition) is 1. The van der Waals surface area contributed by atoms with Gasteiger partial charge in [0.2, 0.25) is 11.8 Å². The molecule has 0 saturated carbocycles. The standard InChI is InChI=1S/C22H31N3O2/c1-16-2-4-17(5-3-16)14-21(26)24-8-10-25(11-9-24)22(27)15-18-12-19-6-7-20(13-18)23-19/h2-5,18-20,23H,6-15H2,1H3. The zero-order chi connectivity index (χ0) is 18.8. The van der Waals surface area contributed by atoms with Crippen molar-refractivity contribution in [3.05, 3.63) is 35.4 Å². The van der Waals surface area contributed by atoms with E-state index in [9.17, 15) is 9.59 Å². The maximum atomic E-state index is 12.7. The fourth-order valence-electron chi connectivity index (χ4n) is 4.92. The van der Waals surface area contributed by atoms with Gasteiger partial charge in [-0.1, -0.05) is 29.8 Å². The average Bonchev–Trinajstić information content (AvgIpc) is 3.02. The Morgan fingerprint density at radius 1 is 0.926 bits per heavy atom. The smallest absolute Gasteiger partial charge is 0.227 e. The molecule has 2 amide bonds. The Morgan fingerprint density at radius 2 is 1.48 bits per heavy atom. The fourth-order valence-corrected chi connectivity index (χ4v) is 4.92. The van der Waals surface area contributed by atoms with Crippen molar-refractivity contribution in [2.45, 2.75) is 57.5 Å². The van der Waals surface area contributed by atoms with Gasteiger partial charge in [-0.15, -0.1) is 0 Å². The van der Waals surface area contributed by atoms with E-state index in [0.717, 1.165) is 18.4 Å². The lowest BCUT2D eigenvalue weighted by atomic mass is 9.89. The molecular weight excluding hydrogens is 338 g/mol. The summed E-state index contributed by atoms with van der Waals surface area (Å²) >= 11 is 0. The van der Waals surface area contributed by atoms with Gasteiger partial charge in [0.1, 0.15) is 0 Å². The van der Waals surface area contributed by atoms with Crippen molar-refractivity contribution in [3.63, 3.8) is 0 Å². The van der Waals surface area contributed by atoms with Gasteiger partial charge in [-0.2, -0.15) is 0 Å². The van der Waals surface area contributed by atoms with Crippen molar-refractivity contribution in [1.82, 2.24) is 15.1 Å². The van der Waals surface area contributed by atoms with Crippen LogP contribution in [-0.4, -0.2) is 59.9 Å². The molecule has 2 atom stereocenters. The Balaban J connectivity index is 1.23. The number of benzene rings is 1. The Hall–Kier alpha value is -1.88. The lowest BCUT2D eigenvalue weighted by Crippen LogP contribution is -2.51. The molecule has 0 aromatic heterocycles. The molecule has 2 bridgehead atoms. The highest BCUT2D eigenvalue weighted by Crippen LogP contribution is 2.33. The summed E-state index contributed by atoms with van der Waals surface area (Å²) < 4.78 is 0. The number of piperidine rings is 1. The van der Waals surface area contributed by atoms with E-state index in [2.05, 4.69) is 12.2 Å². The number of fused-ring (bicyclic) bond motifs is 2. The number of carbonyl (C=O) groups excluding carboxylic acids is 2. The molecule has 0 spiro atoms. The molecule has 1 aromatic carbocycles. The first-order valence-corrected chi connectivity index (χ1v) is 10.4. The third-order valence-corrected chi connectivity index (χ3v) is 6.50. The van der Waals surface area contributed by atoms with Crippen LogP contribution >= 0.6 is 0 Å². The minimum atomic E-state index is 0.167. The quantitative estimate of drug-likeness (QED) is 0.885. The monoisotopic (exact) mass is 369 g/mol. The van der Waals surface area contributed by atoms with E-state index in [0.29, 0.717) is 57.0 Å². The Kier molecular flexibility index (Phi) is 5.48. The predicted molar refractivity (Wildman–Crippen MR) is 105 cm³/mol. The van der Waals surface area contributed by atoms with Gasteiger partial charge in [0.15, 0.2) is 0 Å². The van der Waals surface area contributed by atoms with Gasteiger partial charge in [-0.3, -0.25) is 9.59 Å². The molecule has 27 heavy (non-hydrogen) atoms. The molecule has 2 unspecified atom stereocenters. The SMILES string of the molecule is Cc1ccc(CC(=O)N2CCN(C(=O)CC3CC4CCC(C3)N4)CC2)cc1. The number of amides is 2. The van der Waals surface area contributed by atoms with Crippen molar-refractivity contribution in [1.29, 1.82) is 0 Å². The normalized spacial score (nSPS) is 27.7. The molecule has 3 aliphatic heterocycles. The molecule has 146 valence electrons. The second-order valence-electron chi connectivity index (χ2n) is 8.60. The van der Waals surface area contributed by atoms with Gasteiger partial charge in [0.05, 0.1) is 6.42 Å². The molecule has 5 heteroatoms. The summed E-state index contributed by atoms with van der Waals surface area (Å²) in [4.78, 5) is 29.1. The number of nitrogens with one attached hydrogen (secondary N) is 1. The molecule has 4 rings (SSSR count). The van der Waals surface area contributed by atoms with Gasteiger partial charge < -0.3 is 15.1 Å². The lowest BCUT2D eigenvalue weighted by molar-refractivity contribution is -0.140. The number of carbonyl (C=O) groups is 2. The molecule has 1 N–H and O–H groups in total. The number of rotatable bonds is 4. The van der Waals surface area contributed by atoms with E-state index in [1.807, 2.05) is 34.1 Å². The molecule has 3 fully saturated rings. The summed E-state index contributed by atoms with van der Waals surface area (Å²) in [6, 6.07) is 9.42. The van der Waals surface area contributed by atoms with Gasteiger partial charge in [0, 0.05) is 44.7 Å². The van der Waals surface area contributed by atoms with Crippen molar-refractivity contribution in [2.75, 3.05) is 26.2 Å². The van der Waals surface area contributed by atoms with Crippen LogP contribution in [0.1, 0.15) is 43.2 Å². The van der Waals surface area contributed by atoms with Gasteiger partial charge in [0.25, 0.3) is 0 Å². The molecule has 1 aromatic rings. The van der Waals surface area contributed by atoms with Crippen LogP contribution in [0, 0.1) is 12.8 Å². The molecule has 3 heterocycles. The van der Waals surface area contributed by atoms with Crippen molar-refractivity contribution in [2.24, 2.45) is 5.92 Å². The van der Waals surface area contributed by atoms with Crippen LogP contribution in [-0.2, 0) is 16.0 Å². The highest BCUT2D eigenvalue weighted by atomic mass is 16.2. The molecular formula is C22H31N3O2. The van der Waals surface area contributed by atoms with E-state index >= 15 is 0 Å². The molecule has 0 aliphatic carbocycles. The summed E-state index contributed by atoms with van der Waals surface area (Å²) in [5, 5.41) is 3.65. The molecule has 3 saturated heterocycles. The Bertz CT molecular complexity index is 667. The minimum Gasteiger partial charge on any atom is -0.339 e. The molecule has 5 nitrogen and oxygen atoms in total. The van der Waals surface area contributed by atoms with Crippen LogP contribution in [0.2, 0.25) is 0 Å². The lowest BCUT2D eigenvalue weighted by Gasteiger charge is -2.36. The van der Waals surface area contributed by atoms with E-state index in [1.54, 1.807) is 0 Å². The van der Waals surface area contributed by atoms with E-state index in [4.69, 9.17) is 0 Å². The van der Waals surface area contributed by atoms with Gasteiger partial charge in [-0.25, -0.2) is 0 Å². The maximum Gasteiger partial charge on any atom is 0.227 e. The summed E-state index contributed by atoms with van der Waals surface area (Å²) in [6.07, 6.45) is 5.99. The maximum absolute atomic E-state index is 12.7. The fraction of sp³-hybridized carbons (Fsp3) is 0.636. The van der Waals surface area contributed by atoms with Crippen LogP contribution in [0.15, 0.2) is 24.3 Å². The number of hydrogen-bond acceptors (Lipinski definition) is 3. The Labute approximate surface area is 162 Å². The van der Waals surface area contributed by atoms with Crippen LogP contribution < -0.4 is 5.32 Å². The van der Waals surface area contributed by atoms with E-state index in [1.165, 1.54) is 18.4 Å². The first kappa shape index (κ1) is 18.5. The Morgan fingerprint density at radius 3 is 2.07 bits per heavy atom. The van der Waals surface area contributed by atoms with Crippen molar-refractivity contribution < 1.29 is 9.59 Å².